The van der Waals surface area contributed by atoms with E-state index in [2.05, 4.69) is 25.8 Å². The molecule has 0 aliphatic carbocycles. The lowest BCUT2D eigenvalue weighted by Gasteiger charge is -2.39. The number of ether oxygens (including phenoxy) is 1. The molecule has 0 aromatic rings. The fourth-order valence-corrected chi connectivity index (χ4v) is 2.49. The van der Waals surface area contributed by atoms with E-state index in [9.17, 15) is 4.79 Å². The Morgan fingerprint density at radius 2 is 1.79 bits per heavy atom. The zero-order chi connectivity index (χ0) is 15.2. The lowest BCUT2D eigenvalue weighted by Crippen LogP contribution is -2.45. The third-order valence-corrected chi connectivity index (χ3v) is 3.43. The number of nitrogens with zero attached hydrogens (tertiary/aromatic N) is 1. The molecule has 2 unspecified atom stereocenters. The molecule has 1 heterocycles. The Balaban J connectivity index is 0.00000154. The Hall–Kier alpha value is -0.570. The van der Waals surface area contributed by atoms with Crippen molar-refractivity contribution in [3.63, 3.8) is 0 Å². The first-order valence-electron chi connectivity index (χ1n) is 7.64. The van der Waals surface area contributed by atoms with E-state index in [0.29, 0.717) is 12.0 Å². The van der Waals surface area contributed by atoms with Crippen LogP contribution in [0, 0.1) is 11.8 Å². The van der Waals surface area contributed by atoms with Gasteiger partial charge >= 0.3 is 5.97 Å². The van der Waals surface area contributed by atoms with Gasteiger partial charge < -0.3 is 9.64 Å². The molecular formula is C16H33NO2. The minimum atomic E-state index is -0.367. The van der Waals surface area contributed by atoms with Gasteiger partial charge in [-0.25, -0.2) is 0 Å². The molecule has 1 fully saturated rings. The van der Waals surface area contributed by atoms with Gasteiger partial charge in [0.15, 0.2) is 0 Å². The van der Waals surface area contributed by atoms with Crippen molar-refractivity contribution < 1.29 is 9.53 Å². The molecule has 19 heavy (non-hydrogen) atoms. The van der Waals surface area contributed by atoms with Crippen molar-refractivity contribution in [2.45, 2.75) is 73.0 Å². The third-order valence-electron chi connectivity index (χ3n) is 3.43. The van der Waals surface area contributed by atoms with Gasteiger partial charge in [0.05, 0.1) is 5.92 Å². The molecule has 0 amide bonds. The van der Waals surface area contributed by atoms with Gasteiger partial charge in [0, 0.05) is 6.04 Å². The largest absolute Gasteiger partial charge is 0.460 e. The fourth-order valence-electron chi connectivity index (χ4n) is 2.49. The van der Waals surface area contributed by atoms with E-state index in [4.69, 9.17) is 4.74 Å². The van der Waals surface area contributed by atoms with Gasteiger partial charge in [-0.3, -0.25) is 4.79 Å². The second kappa shape index (κ2) is 7.88. The van der Waals surface area contributed by atoms with Crippen molar-refractivity contribution in [3.05, 3.63) is 0 Å². The summed E-state index contributed by atoms with van der Waals surface area (Å²) in [5.41, 5.74) is -0.367. The molecule has 0 aromatic heterocycles. The lowest BCUT2D eigenvalue weighted by molar-refractivity contribution is -0.162. The molecular weight excluding hydrogens is 238 g/mol. The van der Waals surface area contributed by atoms with E-state index in [0.717, 1.165) is 19.4 Å². The number of carbonyl (C=O) groups excluding carboxylic acids is 1. The molecule has 3 heteroatoms. The molecule has 0 N–H and O–H groups in total. The standard InChI is InChI=1S/C14H27NO2.C2H6/c1-10(2)12-9-11(7-8-15(12)6)13(16)17-14(3,4)5;1-2/h10-12H,7-9H2,1-6H3;1-2H3. The van der Waals surface area contributed by atoms with E-state index in [1.807, 2.05) is 34.6 Å². The fraction of sp³-hybridized carbons (Fsp3) is 0.938. The van der Waals surface area contributed by atoms with Crippen LogP contribution in [0.5, 0.6) is 0 Å². The Morgan fingerprint density at radius 1 is 1.26 bits per heavy atom. The van der Waals surface area contributed by atoms with Gasteiger partial charge in [-0.15, -0.1) is 0 Å². The van der Waals surface area contributed by atoms with Crippen molar-refractivity contribution >= 4 is 5.97 Å². The van der Waals surface area contributed by atoms with Crippen molar-refractivity contribution in [1.82, 2.24) is 4.90 Å². The summed E-state index contributed by atoms with van der Waals surface area (Å²) in [6, 6.07) is 0.501. The Labute approximate surface area is 119 Å². The highest BCUT2D eigenvalue weighted by atomic mass is 16.6. The monoisotopic (exact) mass is 271 g/mol. The molecule has 1 aliphatic heterocycles. The van der Waals surface area contributed by atoms with E-state index in [-0.39, 0.29) is 17.5 Å². The number of hydrogen-bond donors (Lipinski definition) is 0. The van der Waals surface area contributed by atoms with Gasteiger partial charge in [-0.1, -0.05) is 27.7 Å². The van der Waals surface area contributed by atoms with Gasteiger partial charge in [-0.05, 0) is 53.1 Å². The van der Waals surface area contributed by atoms with Crippen LogP contribution in [0.4, 0.5) is 0 Å². The summed E-state index contributed by atoms with van der Waals surface area (Å²) in [4.78, 5) is 14.4. The van der Waals surface area contributed by atoms with Crippen LogP contribution >= 0.6 is 0 Å². The molecule has 1 aliphatic rings. The average molecular weight is 271 g/mol. The summed E-state index contributed by atoms with van der Waals surface area (Å²) in [6.07, 6.45) is 1.86. The molecule has 3 nitrogen and oxygen atoms in total. The predicted octanol–water partition coefficient (Wildman–Crippen LogP) is 3.72. The number of carbonyl (C=O) groups is 1. The minimum Gasteiger partial charge on any atom is -0.460 e. The predicted molar refractivity (Wildman–Crippen MR) is 81.2 cm³/mol. The van der Waals surface area contributed by atoms with E-state index < -0.39 is 0 Å². The number of rotatable bonds is 2. The summed E-state index contributed by atoms with van der Waals surface area (Å²) >= 11 is 0. The summed E-state index contributed by atoms with van der Waals surface area (Å²) in [5.74, 6) is 0.652. The molecule has 0 saturated carbocycles. The van der Waals surface area contributed by atoms with Crippen LogP contribution in [0.25, 0.3) is 0 Å². The first-order chi connectivity index (χ1) is 8.70. The number of piperidine rings is 1. The topological polar surface area (TPSA) is 29.5 Å². The molecule has 0 bridgehead atoms. The van der Waals surface area contributed by atoms with E-state index in [1.165, 1.54) is 0 Å². The van der Waals surface area contributed by atoms with Crippen molar-refractivity contribution in [3.8, 4) is 0 Å². The molecule has 1 saturated heterocycles. The minimum absolute atomic E-state index is 0.0174. The smallest absolute Gasteiger partial charge is 0.309 e. The summed E-state index contributed by atoms with van der Waals surface area (Å²) in [6.45, 7) is 15.2. The number of esters is 1. The van der Waals surface area contributed by atoms with Crippen molar-refractivity contribution in [2.24, 2.45) is 11.8 Å². The maximum Gasteiger partial charge on any atom is 0.309 e. The van der Waals surface area contributed by atoms with Gasteiger partial charge in [0.2, 0.25) is 0 Å². The number of hydrogen-bond acceptors (Lipinski definition) is 3. The zero-order valence-electron chi connectivity index (χ0n) is 14.1. The van der Waals surface area contributed by atoms with Crippen molar-refractivity contribution in [1.29, 1.82) is 0 Å². The highest BCUT2D eigenvalue weighted by Gasteiger charge is 2.34. The summed E-state index contributed by atoms with van der Waals surface area (Å²) in [7, 11) is 2.15. The van der Waals surface area contributed by atoms with Crippen LogP contribution in [-0.2, 0) is 9.53 Å². The average Bonchev–Trinajstić information content (AvgIpc) is 2.29. The van der Waals surface area contributed by atoms with E-state index in [1.54, 1.807) is 0 Å². The number of likely N-dealkylation sites (tertiary alicyclic amines) is 1. The van der Waals surface area contributed by atoms with E-state index >= 15 is 0 Å². The quantitative estimate of drug-likeness (QED) is 0.717. The van der Waals surface area contributed by atoms with Gasteiger partial charge in [-0.2, -0.15) is 0 Å². The van der Waals surface area contributed by atoms with Crippen molar-refractivity contribution in [2.75, 3.05) is 13.6 Å². The molecule has 0 radical (unpaired) electrons. The Bertz CT molecular complexity index is 268. The van der Waals surface area contributed by atoms with Crippen LogP contribution in [0.1, 0.15) is 61.3 Å². The summed E-state index contributed by atoms with van der Waals surface area (Å²) < 4.78 is 5.48. The lowest BCUT2D eigenvalue weighted by atomic mass is 9.85. The Morgan fingerprint density at radius 3 is 2.21 bits per heavy atom. The molecule has 2 atom stereocenters. The zero-order valence-corrected chi connectivity index (χ0v) is 14.1. The van der Waals surface area contributed by atoms with Gasteiger partial charge in [0.1, 0.15) is 5.60 Å². The van der Waals surface area contributed by atoms with Crippen LogP contribution in [-0.4, -0.2) is 36.1 Å². The summed E-state index contributed by atoms with van der Waals surface area (Å²) in [5, 5.41) is 0. The van der Waals surface area contributed by atoms with Crippen LogP contribution in [0.3, 0.4) is 0 Å². The second-order valence-electron chi connectivity index (χ2n) is 6.55. The maximum atomic E-state index is 12.0. The van der Waals surface area contributed by atoms with Crippen LogP contribution in [0.15, 0.2) is 0 Å². The molecule has 114 valence electrons. The Kier molecular flexibility index (Phi) is 7.65. The van der Waals surface area contributed by atoms with Crippen LogP contribution < -0.4 is 0 Å². The molecule has 1 rings (SSSR count). The normalized spacial score (nSPS) is 24.7. The van der Waals surface area contributed by atoms with Gasteiger partial charge in [0.25, 0.3) is 0 Å². The molecule has 0 aromatic carbocycles. The second-order valence-corrected chi connectivity index (χ2v) is 6.55. The first kappa shape index (κ1) is 18.4. The maximum absolute atomic E-state index is 12.0. The van der Waals surface area contributed by atoms with Crippen LogP contribution in [0.2, 0.25) is 0 Å². The highest BCUT2D eigenvalue weighted by molar-refractivity contribution is 5.73. The molecule has 0 spiro atoms. The SMILES string of the molecule is CC.CC(C)C1CC(C(=O)OC(C)(C)C)CCN1C. The third kappa shape index (κ3) is 6.42. The first-order valence-corrected chi connectivity index (χ1v) is 7.64. The highest BCUT2D eigenvalue weighted by Crippen LogP contribution is 2.28.